The van der Waals surface area contributed by atoms with Gasteiger partial charge in [-0.3, -0.25) is 14.5 Å². The number of ether oxygens (including phenoxy) is 1. The van der Waals surface area contributed by atoms with Crippen molar-refractivity contribution in [3.05, 3.63) is 16.5 Å². The second kappa shape index (κ2) is 9.85. The van der Waals surface area contributed by atoms with Crippen LogP contribution in [0, 0.1) is 5.92 Å². The van der Waals surface area contributed by atoms with Crippen LogP contribution in [0.2, 0.25) is 0 Å². The highest BCUT2D eigenvalue weighted by Gasteiger charge is 2.25. The van der Waals surface area contributed by atoms with Gasteiger partial charge in [-0.1, -0.05) is 13.8 Å². The summed E-state index contributed by atoms with van der Waals surface area (Å²) in [5.41, 5.74) is 1.33. The minimum atomic E-state index is -0.415. The predicted molar refractivity (Wildman–Crippen MR) is 106 cm³/mol. The third kappa shape index (κ3) is 6.95. The van der Waals surface area contributed by atoms with Crippen molar-refractivity contribution in [2.45, 2.75) is 46.1 Å². The van der Waals surface area contributed by atoms with Gasteiger partial charge in [-0.25, -0.2) is 4.79 Å². The molecule has 0 radical (unpaired) electrons. The van der Waals surface area contributed by atoms with Crippen molar-refractivity contribution in [1.82, 2.24) is 10.2 Å². The van der Waals surface area contributed by atoms with Gasteiger partial charge in [0.15, 0.2) is 0 Å². The molecule has 0 aliphatic heterocycles. The lowest BCUT2D eigenvalue weighted by Gasteiger charge is -2.16. The van der Waals surface area contributed by atoms with Crippen molar-refractivity contribution in [3.63, 3.8) is 0 Å². The lowest BCUT2D eigenvalue weighted by Crippen LogP contribution is -2.39. The van der Waals surface area contributed by atoms with Crippen LogP contribution in [0.5, 0.6) is 0 Å². The summed E-state index contributed by atoms with van der Waals surface area (Å²) in [6.45, 7) is 6.42. The average Bonchev–Trinajstić information content (AvgIpc) is 3.27. The molecule has 1 aromatic rings. The Hall–Kier alpha value is -1.93. The first-order valence-electron chi connectivity index (χ1n) is 9.35. The number of amides is 2. The molecule has 0 bridgehead atoms. The Morgan fingerprint density at radius 1 is 1.26 bits per heavy atom. The summed E-state index contributed by atoms with van der Waals surface area (Å²) < 4.78 is 5.16. The van der Waals surface area contributed by atoms with Crippen LogP contribution in [0.15, 0.2) is 5.38 Å². The van der Waals surface area contributed by atoms with Crippen molar-refractivity contribution in [3.8, 4) is 0 Å². The summed E-state index contributed by atoms with van der Waals surface area (Å²) in [7, 11) is 1.72. The first-order chi connectivity index (χ1) is 12.8. The van der Waals surface area contributed by atoms with E-state index in [2.05, 4.69) is 24.5 Å². The van der Waals surface area contributed by atoms with Crippen molar-refractivity contribution >= 4 is 34.1 Å². The summed E-state index contributed by atoms with van der Waals surface area (Å²) in [6.07, 6.45) is 2.80. The van der Waals surface area contributed by atoms with E-state index in [1.165, 1.54) is 11.3 Å². The second-order valence-electron chi connectivity index (χ2n) is 7.35. The first kappa shape index (κ1) is 21.4. The molecular weight excluding hydrogens is 366 g/mol. The smallest absolute Gasteiger partial charge is 0.341 e. The van der Waals surface area contributed by atoms with Crippen LogP contribution in [0.25, 0.3) is 0 Å². The average molecular weight is 396 g/mol. The molecule has 150 valence electrons. The van der Waals surface area contributed by atoms with Crippen molar-refractivity contribution in [2.24, 2.45) is 5.92 Å². The minimum absolute atomic E-state index is 0.0672. The van der Waals surface area contributed by atoms with Crippen molar-refractivity contribution in [1.29, 1.82) is 0 Å². The van der Waals surface area contributed by atoms with E-state index >= 15 is 0 Å². The minimum Gasteiger partial charge on any atom is -0.462 e. The van der Waals surface area contributed by atoms with E-state index in [0.29, 0.717) is 22.5 Å². The lowest BCUT2D eigenvalue weighted by molar-refractivity contribution is -0.123. The van der Waals surface area contributed by atoms with Crippen LogP contribution >= 0.6 is 11.3 Å². The molecule has 0 saturated heterocycles. The number of nitrogens with zero attached hydrogens (tertiary/aromatic N) is 1. The van der Waals surface area contributed by atoms with Gasteiger partial charge in [0, 0.05) is 6.04 Å². The molecule has 7 nitrogen and oxygen atoms in total. The van der Waals surface area contributed by atoms with E-state index in [1.54, 1.807) is 18.9 Å². The van der Waals surface area contributed by atoms with Gasteiger partial charge in [-0.15, -0.1) is 11.3 Å². The number of hydrogen-bond donors (Lipinski definition) is 2. The maximum Gasteiger partial charge on any atom is 0.341 e. The molecule has 2 amide bonds. The Kier molecular flexibility index (Phi) is 7.79. The van der Waals surface area contributed by atoms with E-state index in [4.69, 9.17) is 4.74 Å². The van der Waals surface area contributed by atoms with E-state index in [9.17, 15) is 14.4 Å². The Morgan fingerprint density at radius 2 is 1.93 bits per heavy atom. The molecule has 0 aromatic carbocycles. The molecule has 0 unspecified atom stereocenters. The van der Waals surface area contributed by atoms with Crippen LogP contribution in [0.1, 0.15) is 49.5 Å². The molecule has 2 rings (SSSR count). The highest BCUT2D eigenvalue weighted by Crippen LogP contribution is 2.31. The zero-order valence-electron chi connectivity index (χ0n) is 16.5. The molecule has 1 aliphatic rings. The van der Waals surface area contributed by atoms with E-state index < -0.39 is 5.97 Å². The molecule has 2 N–H and O–H groups in total. The van der Waals surface area contributed by atoms with Gasteiger partial charge in [0.05, 0.1) is 25.3 Å². The van der Waals surface area contributed by atoms with Gasteiger partial charge in [-0.05, 0) is 50.1 Å². The fourth-order valence-electron chi connectivity index (χ4n) is 2.72. The molecule has 1 aromatic heterocycles. The number of hydrogen-bond acceptors (Lipinski definition) is 6. The maximum atomic E-state index is 12.4. The highest BCUT2D eigenvalue weighted by atomic mass is 32.1. The Labute approximate surface area is 164 Å². The SMILES string of the molecule is CCOC(=O)c1c(CC(C)C)csc1NC(=O)CN(C)CC(=O)NC1CC1. The fraction of sp³-hybridized carbons (Fsp3) is 0.632. The number of carbonyl (C=O) groups excluding carboxylic acids is 3. The summed E-state index contributed by atoms with van der Waals surface area (Å²) in [4.78, 5) is 38.2. The van der Waals surface area contributed by atoms with Gasteiger partial charge in [0.1, 0.15) is 5.00 Å². The number of anilines is 1. The third-order valence-corrected chi connectivity index (χ3v) is 4.94. The van der Waals surface area contributed by atoms with E-state index in [-0.39, 0.29) is 31.5 Å². The van der Waals surface area contributed by atoms with E-state index in [0.717, 1.165) is 24.8 Å². The van der Waals surface area contributed by atoms with Crippen LogP contribution in [-0.4, -0.2) is 55.5 Å². The summed E-state index contributed by atoms with van der Waals surface area (Å²) in [6, 6.07) is 0.303. The molecule has 1 fully saturated rings. The largest absolute Gasteiger partial charge is 0.462 e. The standard InChI is InChI=1S/C19H29N3O4S/c1-5-26-19(25)17-13(8-12(2)3)11-27-18(17)21-16(24)10-22(4)9-15(23)20-14-6-7-14/h11-12,14H,5-10H2,1-4H3,(H,20,23)(H,21,24). The lowest BCUT2D eigenvalue weighted by atomic mass is 10.0. The number of carbonyl (C=O) groups is 3. The number of nitrogens with one attached hydrogen (secondary N) is 2. The highest BCUT2D eigenvalue weighted by molar-refractivity contribution is 7.15. The Balaban J connectivity index is 1.97. The molecular formula is C19H29N3O4S. The second-order valence-corrected chi connectivity index (χ2v) is 8.23. The zero-order valence-corrected chi connectivity index (χ0v) is 17.3. The van der Waals surface area contributed by atoms with Crippen LogP contribution in [-0.2, 0) is 20.7 Å². The summed E-state index contributed by atoms with van der Waals surface area (Å²) >= 11 is 1.33. The predicted octanol–water partition coefficient (Wildman–Crippen LogP) is 2.27. The Morgan fingerprint density at radius 3 is 2.52 bits per heavy atom. The van der Waals surface area contributed by atoms with Crippen LogP contribution < -0.4 is 10.6 Å². The summed E-state index contributed by atoms with van der Waals surface area (Å²) in [5.74, 6) is -0.370. The zero-order chi connectivity index (χ0) is 20.0. The molecule has 0 atom stereocenters. The quantitative estimate of drug-likeness (QED) is 0.594. The summed E-state index contributed by atoms with van der Waals surface area (Å²) in [5, 5.41) is 8.10. The first-order valence-corrected chi connectivity index (χ1v) is 10.2. The normalized spacial score (nSPS) is 13.7. The van der Waals surface area contributed by atoms with Gasteiger partial charge >= 0.3 is 5.97 Å². The van der Waals surface area contributed by atoms with Gasteiger partial charge < -0.3 is 15.4 Å². The number of likely N-dealkylation sites (N-methyl/N-ethyl adjacent to an activating group) is 1. The van der Waals surface area contributed by atoms with Gasteiger partial charge in [0.25, 0.3) is 0 Å². The maximum absolute atomic E-state index is 12.4. The molecule has 8 heteroatoms. The molecule has 1 aliphatic carbocycles. The molecule has 1 saturated carbocycles. The molecule has 27 heavy (non-hydrogen) atoms. The van der Waals surface area contributed by atoms with Crippen molar-refractivity contribution < 1.29 is 19.1 Å². The van der Waals surface area contributed by atoms with Gasteiger partial charge in [0.2, 0.25) is 11.8 Å². The van der Waals surface area contributed by atoms with Crippen LogP contribution in [0.4, 0.5) is 5.00 Å². The fourth-order valence-corrected chi connectivity index (χ4v) is 3.70. The molecule has 1 heterocycles. The number of thiophene rings is 1. The third-order valence-electron chi connectivity index (χ3n) is 4.00. The molecule has 0 spiro atoms. The van der Waals surface area contributed by atoms with Crippen molar-refractivity contribution in [2.75, 3.05) is 32.1 Å². The van der Waals surface area contributed by atoms with Crippen LogP contribution in [0.3, 0.4) is 0 Å². The number of rotatable bonds is 10. The monoisotopic (exact) mass is 395 g/mol. The van der Waals surface area contributed by atoms with E-state index in [1.807, 2.05) is 5.38 Å². The Bertz CT molecular complexity index is 682. The number of esters is 1. The van der Waals surface area contributed by atoms with Gasteiger partial charge in [-0.2, -0.15) is 0 Å². The topological polar surface area (TPSA) is 87.7 Å².